The zero-order valence-corrected chi connectivity index (χ0v) is 11.7. The molecule has 0 heterocycles. The second-order valence-corrected chi connectivity index (χ2v) is 4.87. The Hall–Kier alpha value is -2.21. The maximum absolute atomic E-state index is 13.7. The SMILES string of the molecule is CC(Nc1cc([N+](=O)[O-])ccc1F)c1ccc(Cl)c(F)c1. The Morgan fingerprint density at radius 1 is 1.19 bits per heavy atom. The van der Waals surface area contributed by atoms with Crippen LogP contribution in [0.2, 0.25) is 5.02 Å². The van der Waals surface area contributed by atoms with Crippen LogP contribution in [0.3, 0.4) is 0 Å². The van der Waals surface area contributed by atoms with E-state index in [-0.39, 0.29) is 16.4 Å². The molecule has 0 saturated heterocycles. The highest BCUT2D eigenvalue weighted by atomic mass is 35.5. The number of nitro benzene ring substituents is 1. The first-order valence-electron chi connectivity index (χ1n) is 6.04. The van der Waals surface area contributed by atoms with Crippen molar-refractivity contribution < 1.29 is 13.7 Å². The molecule has 110 valence electrons. The van der Waals surface area contributed by atoms with Crippen molar-refractivity contribution in [2.24, 2.45) is 0 Å². The van der Waals surface area contributed by atoms with Crippen molar-refractivity contribution in [2.45, 2.75) is 13.0 Å². The van der Waals surface area contributed by atoms with E-state index in [0.29, 0.717) is 5.56 Å². The van der Waals surface area contributed by atoms with Crippen molar-refractivity contribution in [2.75, 3.05) is 5.32 Å². The van der Waals surface area contributed by atoms with Gasteiger partial charge in [-0.05, 0) is 30.7 Å². The lowest BCUT2D eigenvalue weighted by molar-refractivity contribution is -0.384. The third-order valence-electron chi connectivity index (χ3n) is 2.98. The average molecular weight is 313 g/mol. The second kappa shape index (κ2) is 6.05. The number of nitro groups is 1. The topological polar surface area (TPSA) is 55.2 Å². The van der Waals surface area contributed by atoms with Crippen molar-refractivity contribution in [3.05, 3.63) is 68.7 Å². The first kappa shape index (κ1) is 15.2. The van der Waals surface area contributed by atoms with Crippen LogP contribution < -0.4 is 5.32 Å². The minimum absolute atomic E-state index is 0.00696. The highest BCUT2D eigenvalue weighted by molar-refractivity contribution is 6.30. The summed E-state index contributed by atoms with van der Waals surface area (Å²) in [5.41, 5.74) is 0.295. The monoisotopic (exact) mass is 312 g/mol. The average Bonchev–Trinajstić information content (AvgIpc) is 2.43. The highest BCUT2D eigenvalue weighted by Crippen LogP contribution is 2.27. The molecule has 4 nitrogen and oxygen atoms in total. The summed E-state index contributed by atoms with van der Waals surface area (Å²) in [7, 11) is 0. The van der Waals surface area contributed by atoms with Crippen molar-refractivity contribution in [3.63, 3.8) is 0 Å². The van der Waals surface area contributed by atoms with Crippen LogP contribution in [0.25, 0.3) is 0 Å². The molecule has 2 rings (SSSR count). The molecule has 7 heteroatoms. The van der Waals surface area contributed by atoms with Crippen LogP contribution in [0.4, 0.5) is 20.2 Å². The van der Waals surface area contributed by atoms with Crippen LogP contribution >= 0.6 is 11.6 Å². The summed E-state index contributed by atoms with van der Waals surface area (Å²) in [5.74, 6) is -1.20. The molecule has 1 atom stereocenters. The van der Waals surface area contributed by atoms with Gasteiger partial charge in [0.05, 0.1) is 15.6 Å². The van der Waals surface area contributed by atoms with Crippen LogP contribution in [0.15, 0.2) is 36.4 Å². The number of rotatable bonds is 4. The molecule has 0 saturated carbocycles. The molecule has 21 heavy (non-hydrogen) atoms. The van der Waals surface area contributed by atoms with Gasteiger partial charge in [-0.15, -0.1) is 0 Å². The smallest absolute Gasteiger partial charge is 0.271 e. The third kappa shape index (κ3) is 3.46. The van der Waals surface area contributed by atoms with Gasteiger partial charge in [-0.25, -0.2) is 8.78 Å². The van der Waals surface area contributed by atoms with Crippen molar-refractivity contribution >= 4 is 23.0 Å². The van der Waals surface area contributed by atoms with Crippen LogP contribution in [-0.2, 0) is 0 Å². The first-order chi connectivity index (χ1) is 9.88. The number of hydrogen-bond donors (Lipinski definition) is 1. The predicted molar refractivity (Wildman–Crippen MR) is 76.5 cm³/mol. The number of non-ortho nitro benzene ring substituents is 1. The fourth-order valence-corrected chi connectivity index (χ4v) is 1.95. The van der Waals surface area contributed by atoms with Gasteiger partial charge in [-0.2, -0.15) is 0 Å². The van der Waals surface area contributed by atoms with Crippen LogP contribution in [0.1, 0.15) is 18.5 Å². The van der Waals surface area contributed by atoms with Gasteiger partial charge < -0.3 is 5.32 Å². The van der Waals surface area contributed by atoms with Crippen molar-refractivity contribution in [1.82, 2.24) is 0 Å². The summed E-state index contributed by atoms with van der Waals surface area (Å²) in [6.45, 7) is 1.68. The normalized spacial score (nSPS) is 12.0. The minimum atomic E-state index is -0.623. The zero-order chi connectivity index (χ0) is 15.6. The lowest BCUT2D eigenvalue weighted by Crippen LogP contribution is -2.08. The molecule has 0 amide bonds. The van der Waals surface area contributed by atoms with Crippen LogP contribution in [0, 0.1) is 21.7 Å². The second-order valence-electron chi connectivity index (χ2n) is 4.46. The third-order valence-corrected chi connectivity index (χ3v) is 3.28. The van der Waals surface area contributed by atoms with Gasteiger partial charge >= 0.3 is 0 Å². The van der Waals surface area contributed by atoms with Crippen LogP contribution in [0.5, 0.6) is 0 Å². The maximum atomic E-state index is 13.7. The fraction of sp³-hybridized carbons (Fsp3) is 0.143. The minimum Gasteiger partial charge on any atom is -0.376 e. The van der Waals surface area contributed by atoms with E-state index >= 15 is 0 Å². The molecule has 0 radical (unpaired) electrons. The van der Waals surface area contributed by atoms with Crippen molar-refractivity contribution in [3.8, 4) is 0 Å². The van der Waals surface area contributed by atoms with Gasteiger partial charge in [-0.1, -0.05) is 17.7 Å². The Morgan fingerprint density at radius 3 is 2.52 bits per heavy atom. The number of nitrogens with zero attached hydrogens (tertiary/aromatic N) is 1. The van der Waals surface area contributed by atoms with Crippen molar-refractivity contribution in [1.29, 1.82) is 0 Å². The number of halogens is 3. The van der Waals surface area contributed by atoms with Gasteiger partial charge in [0.1, 0.15) is 11.6 Å². The van der Waals surface area contributed by atoms with Gasteiger partial charge in [-0.3, -0.25) is 10.1 Å². The Bertz CT molecular complexity index is 695. The standard InChI is InChI=1S/C14H11ClF2N2O2/c1-8(9-2-4-11(15)13(17)6-9)18-14-7-10(19(20)21)3-5-12(14)16/h2-8,18H,1H3. The van der Waals surface area contributed by atoms with E-state index in [1.807, 2.05) is 0 Å². The van der Waals surface area contributed by atoms with E-state index < -0.39 is 22.6 Å². The first-order valence-corrected chi connectivity index (χ1v) is 6.41. The molecule has 0 aliphatic carbocycles. The molecule has 2 aromatic rings. The number of hydrogen-bond acceptors (Lipinski definition) is 3. The van der Waals surface area contributed by atoms with E-state index in [9.17, 15) is 18.9 Å². The molecule has 1 N–H and O–H groups in total. The lowest BCUT2D eigenvalue weighted by atomic mass is 10.1. The summed E-state index contributed by atoms with van der Waals surface area (Å²) in [5, 5.41) is 13.5. The number of benzene rings is 2. The molecule has 2 aromatic carbocycles. The lowest BCUT2D eigenvalue weighted by Gasteiger charge is -2.16. The Morgan fingerprint density at radius 2 is 1.90 bits per heavy atom. The molecular weight excluding hydrogens is 302 g/mol. The van der Waals surface area contributed by atoms with E-state index in [2.05, 4.69) is 5.32 Å². The fourth-order valence-electron chi connectivity index (χ4n) is 1.84. The number of anilines is 1. The molecule has 0 bridgehead atoms. The van der Waals surface area contributed by atoms with E-state index in [1.165, 1.54) is 12.1 Å². The molecule has 0 fully saturated rings. The summed E-state index contributed by atoms with van der Waals surface area (Å²) >= 11 is 5.60. The predicted octanol–water partition coefficient (Wildman–Crippen LogP) is 4.70. The van der Waals surface area contributed by atoms with E-state index in [1.54, 1.807) is 13.0 Å². The summed E-state index contributed by atoms with van der Waals surface area (Å²) in [6, 6.07) is 6.95. The Labute approximate surface area is 124 Å². The molecule has 0 aliphatic rings. The summed E-state index contributed by atoms with van der Waals surface area (Å²) in [4.78, 5) is 10.1. The molecule has 0 spiro atoms. The number of nitrogens with one attached hydrogen (secondary N) is 1. The Balaban J connectivity index is 2.26. The molecule has 0 aromatic heterocycles. The largest absolute Gasteiger partial charge is 0.376 e. The van der Waals surface area contributed by atoms with Gasteiger partial charge in [0, 0.05) is 18.2 Å². The maximum Gasteiger partial charge on any atom is 0.271 e. The van der Waals surface area contributed by atoms with Gasteiger partial charge in [0.2, 0.25) is 0 Å². The molecule has 0 aliphatic heterocycles. The van der Waals surface area contributed by atoms with E-state index in [0.717, 1.165) is 18.2 Å². The van der Waals surface area contributed by atoms with E-state index in [4.69, 9.17) is 11.6 Å². The summed E-state index contributed by atoms with van der Waals surface area (Å²) < 4.78 is 27.1. The quantitative estimate of drug-likeness (QED) is 0.657. The summed E-state index contributed by atoms with van der Waals surface area (Å²) in [6.07, 6.45) is 0. The molecular formula is C14H11ClF2N2O2. The molecule has 1 unspecified atom stereocenters. The Kier molecular flexibility index (Phi) is 4.37. The van der Waals surface area contributed by atoms with Gasteiger partial charge in [0.25, 0.3) is 5.69 Å². The van der Waals surface area contributed by atoms with Gasteiger partial charge in [0.15, 0.2) is 0 Å². The zero-order valence-electron chi connectivity index (χ0n) is 10.9. The van der Waals surface area contributed by atoms with Crippen LogP contribution in [-0.4, -0.2) is 4.92 Å². The highest BCUT2D eigenvalue weighted by Gasteiger charge is 2.14.